The lowest BCUT2D eigenvalue weighted by Crippen LogP contribution is -1.92. The number of ether oxygens (including phenoxy) is 1. The summed E-state index contributed by atoms with van der Waals surface area (Å²) in [5, 5.41) is 0.208. The zero-order chi connectivity index (χ0) is 14.0. The first-order valence-electron chi connectivity index (χ1n) is 5.25. The molecule has 0 fully saturated rings. The summed E-state index contributed by atoms with van der Waals surface area (Å²) in [6.45, 7) is 3.54. The van der Waals surface area contributed by atoms with Crippen molar-refractivity contribution in [2.75, 3.05) is 0 Å². The fourth-order valence-corrected chi connectivity index (χ4v) is 2.94. The molecule has 0 saturated heterocycles. The molecule has 0 spiro atoms. The summed E-state index contributed by atoms with van der Waals surface area (Å²) in [6.07, 6.45) is 1.41. The van der Waals surface area contributed by atoms with Crippen LogP contribution in [0.3, 0.4) is 0 Å². The van der Waals surface area contributed by atoms with Crippen LogP contribution in [0.25, 0.3) is 6.08 Å². The van der Waals surface area contributed by atoms with Gasteiger partial charge < -0.3 is 4.74 Å². The highest BCUT2D eigenvalue weighted by Crippen LogP contribution is 2.36. The summed E-state index contributed by atoms with van der Waals surface area (Å²) < 4.78 is 21.3. The SMILES string of the molecule is C=Cc1ccc(Cl)c(Oc2cc(Br)cc(Br)c2)c1F. The predicted molar refractivity (Wildman–Crippen MR) is 83.4 cm³/mol. The van der Waals surface area contributed by atoms with Crippen LogP contribution in [0, 0.1) is 5.82 Å². The van der Waals surface area contributed by atoms with Crippen molar-refractivity contribution in [2.24, 2.45) is 0 Å². The van der Waals surface area contributed by atoms with Crippen molar-refractivity contribution >= 4 is 49.5 Å². The van der Waals surface area contributed by atoms with Crippen LogP contribution in [0.1, 0.15) is 5.56 Å². The molecule has 0 N–H and O–H groups in total. The molecule has 1 nitrogen and oxygen atoms in total. The van der Waals surface area contributed by atoms with E-state index in [0.717, 1.165) is 8.95 Å². The molecule has 98 valence electrons. The first-order valence-corrected chi connectivity index (χ1v) is 7.22. The Kier molecular flexibility index (Phi) is 4.66. The van der Waals surface area contributed by atoms with Crippen LogP contribution in [0.4, 0.5) is 4.39 Å². The summed E-state index contributed by atoms with van der Waals surface area (Å²) in [6, 6.07) is 8.42. The molecule has 0 aliphatic carbocycles. The monoisotopic (exact) mass is 404 g/mol. The van der Waals surface area contributed by atoms with Crippen molar-refractivity contribution in [3.05, 3.63) is 62.3 Å². The minimum atomic E-state index is -0.529. The lowest BCUT2D eigenvalue weighted by Gasteiger charge is -2.11. The molecule has 0 amide bonds. The third-order valence-corrected chi connectivity index (χ3v) is 3.57. The van der Waals surface area contributed by atoms with E-state index in [2.05, 4.69) is 38.4 Å². The third kappa shape index (κ3) is 3.38. The van der Waals surface area contributed by atoms with Crippen molar-refractivity contribution in [1.29, 1.82) is 0 Å². The van der Waals surface area contributed by atoms with Gasteiger partial charge in [0.05, 0.1) is 5.02 Å². The van der Waals surface area contributed by atoms with E-state index in [1.807, 2.05) is 6.07 Å². The number of hydrogen-bond donors (Lipinski definition) is 0. The Bertz CT molecular complexity index is 623. The standard InChI is InChI=1S/C14H8Br2ClFO/c1-2-8-3-4-12(17)14(13(8)18)19-11-6-9(15)5-10(16)7-11/h2-7H,1H2. The quantitative estimate of drug-likeness (QED) is 0.570. The van der Waals surface area contributed by atoms with Gasteiger partial charge in [-0.3, -0.25) is 0 Å². The van der Waals surface area contributed by atoms with Crippen LogP contribution >= 0.6 is 43.5 Å². The van der Waals surface area contributed by atoms with E-state index < -0.39 is 5.82 Å². The average Bonchev–Trinajstić information content (AvgIpc) is 2.33. The maximum Gasteiger partial charge on any atom is 0.182 e. The summed E-state index contributed by atoms with van der Waals surface area (Å²) >= 11 is 12.6. The van der Waals surface area contributed by atoms with Gasteiger partial charge in [-0.2, -0.15) is 0 Å². The van der Waals surface area contributed by atoms with Gasteiger partial charge in [0, 0.05) is 14.5 Å². The van der Waals surface area contributed by atoms with E-state index >= 15 is 0 Å². The van der Waals surface area contributed by atoms with Crippen LogP contribution in [-0.2, 0) is 0 Å². The molecule has 0 aromatic heterocycles. The summed E-state index contributed by atoms with van der Waals surface area (Å²) in [7, 11) is 0. The van der Waals surface area contributed by atoms with E-state index in [4.69, 9.17) is 16.3 Å². The van der Waals surface area contributed by atoms with Crippen molar-refractivity contribution in [3.63, 3.8) is 0 Å². The van der Waals surface area contributed by atoms with Crippen LogP contribution in [0.5, 0.6) is 11.5 Å². The number of rotatable bonds is 3. The minimum Gasteiger partial charge on any atom is -0.453 e. The Labute approximate surface area is 132 Å². The van der Waals surface area contributed by atoms with E-state index in [1.165, 1.54) is 6.08 Å². The van der Waals surface area contributed by atoms with Gasteiger partial charge >= 0.3 is 0 Å². The van der Waals surface area contributed by atoms with Crippen LogP contribution in [-0.4, -0.2) is 0 Å². The molecule has 0 radical (unpaired) electrons. The topological polar surface area (TPSA) is 9.23 Å². The van der Waals surface area contributed by atoms with E-state index in [0.29, 0.717) is 11.3 Å². The molecule has 2 aromatic carbocycles. The second-order valence-electron chi connectivity index (χ2n) is 3.69. The Hall–Kier alpha value is -0.840. The minimum absolute atomic E-state index is 0.0101. The highest BCUT2D eigenvalue weighted by Gasteiger charge is 2.13. The molecule has 0 aliphatic heterocycles. The Morgan fingerprint density at radius 2 is 1.79 bits per heavy atom. The fourth-order valence-electron chi connectivity index (χ4n) is 1.50. The van der Waals surface area contributed by atoms with Gasteiger partial charge in [0.25, 0.3) is 0 Å². The molecule has 0 bridgehead atoms. The van der Waals surface area contributed by atoms with Crippen molar-refractivity contribution in [2.45, 2.75) is 0 Å². The smallest absolute Gasteiger partial charge is 0.182 e. The molecular formula is C14H8Br2ClFO. The molecule has 0 aliphatic rings. The Balaban J connectivity index is 2.45. The molecule has 2 aromatic rings. The second kappa shape index (κ2) is 6.07. The van der Waals surface area contributed by atoms with Crippen LogP contribution in [0.15, 0.2) is 45.9 Å². The highest BCUT2D eigenvalue weighted by molar-refractivity contribution is 9.11. The van der Waals surface area contributed by atoms with E-state index in [1.54, 1.807) is 24.3 Å². The van der Waals surface area contributed by atoms with Gasteiger partial charge in [-0.1, -0.05) is 62.2 Å². The molecular weight excluding hydrogens is 398 g/mol. The van der Waals surface area contributed by atoms with Gasteiger partial charge in [-0.15, -0.1) is 0 Å². The lowest BCUT2D eigenvalue weighted by atomic mass is 10.2. The summed E-state index contributed by atoms with van der Waals surface area (Å²) in [4.78, 5) is 0. The van der Waals surface area contributed by atoms with Crippen molar-refractivity contribution < 1.29 is 9.13 Å². The van der Waals surface area contributed by atoms with Gasteiger partial charge in [0.15, 0.2) is 11.6 Å². The molecule has 2 rings (SSSR count). The normalized spacial score (nSPS) is 10.3. The maximum absolute atomic E-state index is 14.1. The Morgan fingerprint density at radius 1 is 1.16 bits per heavy atom. The van der Waals surface area contributed by atoms with E-state index in [9.17, 15) is 4.39 Å². The predicted octanol–water partition coefficient (Wildman–Crippen LogP) is 6.44. The summed E-state index contributed by atoms with van der Waals surface area (Å²) in [5.41, 5.74) is 0.341. The third-order valence-electron chi connectivity index (χ3n) is 2.35. The maximum atomic E-state index is 14.1. The Morgan fingerprint density at radius 3 is 2.37 bits per heavy atom. The van der Waals surface area contributed by atoms with Crippen molar-refractivity contribution in [1.82, 2.24) is 0 Å². The van der Waals surface area contributed by atoms with Crippen LogP contribution in [0.2, 0.25) is 5.02 Å². The van der Waals surface area contributed by atoms with Crippen molar-refractivity contribution in [3.8, 4) is 11.5 Å². The highest BCUT2D eigenvalue weighted by atomic mass is 79.9. The molecule has 0 unspecified atom stereocenters. The molecule has 0 saturated carbocycles. The number of benzene rings is 2. The lowest BCUT2D eigenvalue weighted by molar-refractivity contribution is 0.441. The van der Waals surface area contributed by atoms with E-state index in [-0.39, 0.29) is 10.8 Å². The number of hydrogen-bond acceptors (Lipinski definition) is 1. The fraction of sp³-hybridized carbons (Fsp3) is 0. The zero-order valence-corrected chi connectivity index (χ0v) is 13.5. The van der Waals surface area contributed by atoms with Gasteiger partial charge in [0.2, 0.25) is 0 Å². The molecule has 5 heteroatoms. The van der Waals surface area contributed by atoms with Gasteiger partial charge in [-0.25, -0.2) is 4.39 Å². The molecule has 19 heavy (non-hydrogen) atoms. The number of halogens is 4. The van der Waals surface area contributed by atoms with Crippen LogP contribution < -0.4 is 4.74 Å². The largest absolute Gasteiger partial charge is 0.453 e. The summed E-state index contributed by atoms with van der Waals surface area (Å²) in [5.74, 6) is -0.0640. The first-order chi connectivity index (χ1) is 9.01. The first kappa shape index (κ1) is 14.6. The average molecular weight is 406 g/mol. The molecule has 0 atom stereocenters. The zero-order valence-electron chi connectivity index (χ0n) is 9.59. The molecule has 0 heterocycles. The van der Waals surface area contributed by atoms with Gasteiger partial charge in [-0.05, 0) is 24.3 Å². The van der Waals surface area contributed by atoms with Gasteiger partial charge in [0.1, 0.15) is 5.75 Å². The second-order valence-corrected chi connectivity index (χ2v) is 5.93.